The van der Waals surface area contributed by atoms with Crippen molar-refractivity contribution >= 4 is 5.65 Å². The minimum atomic E-state index is -0.000443. The number of hydrogen-bond donors (Lipinski definition) is 2. The van der Waals surface area contributed by atoms with Crippen LogP contribution < -0.4 is 11.3 Å². The molecule has 14 heavy (non-hydrogen) atoms. The van der Waals surface area contributed by atoms with E-state index in [4.69, 9.17) is 5.73 Å². The smallest absolute Gasteiger partial charge is 0.256 e. The van der Waals surface area contributed by atoms with Crippen LogP contribution in [0.1, 0.15) is 11.4 Å². The molecule has 74 valence electrons. The third-order valence-electron chi connectivity index (χ3n) is 2.40. The van der Waals surface area contributed by atoms with Crippen molar-refractivity contribution in [1.29, 1.82) is 0 Å². The lowest BCUT2D eigenvalue weighted by molar-refractivity contribution is 0.917. The van der Waals surface area contributed by atoms with Crippen LogP contribution in [-0.2, 0) is 6.42 Å². The summed E-state index contributed by atoms with van der Waals surface area (Å²) in [5.41, 5.74) is 8.31. The summed E-state index contributed by atoms with van der Waals surface area (Å²) in [7, 11) is 0. The number of hydrogen-bond acceptors (Lipinski definition) is 2. The normalized spacial score (nSPS) is 11.0. The highest BCUT2D eigenvalue weighted by Crippen LogP contribution is 2.08. The second kappa shape index (κ2) is 3.31. The molecule has 4 nitrogen and oxygen atoms in total. The van der Waals surface area contributed by atoms with Crippen LogP contribution in [0.15, 0.2) is 23.0 Å². The number of imidazole rings is 1. The Labute approximate surface area is 81.4 Å². The van der Waals surface area contributed by atoms with E-state index in [2.05, 4.69) is 4.98 Å². The molecule has 2 aromatic rings. The first-order chi connectivity index (χ1) is 6.74. The second-order valence-corrected chi connectivity index (χ2v) is 3.31. The number of aryl methyl sites for hydroxylation is 1. The highest BCUT2D eigenvalue weighted by molar-refractivity contribution is 5.42. The maximum atomic E-state index is 11.5. The fraction of sp³-hybridized carbons (Fsp3) is 0.300. The number of nitrogens with two attached hydrogens (primary N) is 1. The molecule has 0 aliphatic carbocycles. The van der Waals surface area contributed by atoms with Gasteiger partial charge in [0.05, 0.1) is 0 Å². The second-order valence-electron chi connectivity index (χ2n) is 3.31. The van der Waals surface area contributed by atoms with Gasteiger partial charge >= 0.3 is 0 Å². The van der Waals surface area contributed by atoms with Crippen molar-refractivity contribution in [3.05, 3.63) is 39.9 Å². The van der Waals surface area contributed by atoms with Crippen LogP contribution in [0.3, 0.4) is 0 Å². The SMILES string of the molecule is Cc1c(CCN)[nH]c2cccc(=O)n12. The van der Waals surface area contributed by atoms with Crippen molar-refractivity contribution in [2.75, 3.05) is 6.54 Å². The minimum Gasteiger partial charge on any atom is -0.343 e. The highest BCUT2D eigenvalue weighted by Gasteiger charge is 2.06. The van der Waals surface area contributed by atoms with Gasteiger partial charge in [0.1, 0.15) is 5.65 Å². The van der Waals surface area contributed by atoms with E-state index >= 15 is 0 Å². The summed E-state index contributed by atoms with van der Waals surface area (Å²) in [6.07, 6.45) is 0.771. The molecule has 0 bridgehead atoms. The van der Waals surface area contributed by atoms with Crippen molar-refractivity contribution in [2.24, 2.45) is 5.73 Å². The lowest BCUT2D eigenvalue weighted by Crippen LogP contribution is -2.12. The summed E-state index contributed by atoms with van der Waals surface area (Å²) in [6.45, 7) is 2.51. The van der Waals surface area contributed by atoms with E-state index < -0.39 is 0 Å². The fourth-order valence-electron chi connectivity index (χ4n) is 1.70. The van der Waals surface area contributed by atoms with Gasteiger partial charge in [-0.3, -0.25) is 9.20 Å². The zero-order valence-electron chi connectivity index (χ0n) is 8.08. The Hall–Kier alpha value is -1.55. The summed E-state index contributed by atoms with van der Waals surface area (Å²) in [5.74, 6) is 0. The minimum absolute atomic E-state index is 0.000443. The van der Waals surface area contributed by atoms with E-state index in [1.54, 1.807) is 16.5 Å². The van der Waals surface area contributed by atoms with E-state index in [0.717, 1.165) is 23.5 Å². The first kappa shape index (κ1) is 9.02. The van der Waals surface area contributed by atoms with Gasteiger partial charge in [-0.05, 0) is 19.5 Å². The van der Waals surface area contributed by atoms with Crippen LogP contribution in [0.25, 0.3) is 5.65 Å². The predicted octanol–water partition coefficient (Wildman–Crippen LogP) is 0.437. The average molecular weight is 191 g/mol. The van der Waals surface area contributed by atoms with Gasteiger partial charge in [0.15, 0.2) is 0 Å². The van der Waals surface area contributed by atoms with Crippen molar-refractivity contribution < 1.29 is 0 Å². The number of aromatic nitrogens is 2. The van der Waals surface area contributed by atoms with Crippen molar-refractivity contribution in [3.8, 4) is 0 Å². The van der Waals surface area contributed by atoms with Crippen LogP contribution in [0, 0.1) is 6.92 Å². The monoisotopic (exact) mass is 191 g/mol. The molecule has 0 unspecified atom stereocenters. The molecule has 3 N–H and O–H groups in total. The number of nitrogens with one attached hydrogen (secondary N) is 1. The van der Waals surface area contributed by atoms with E-state index in [9.17, 15) is 4.79 Å². The molecule has 4 heteroatoms. The summed E-state index contributed by atoms with van der Waals surface area (Å²) < 4.78 is 1.67. The number of H-pyrrole nitrogens is 1. The summed E-state index contributed by atoms with van der Waals surface area (Å²) >= 11 is 0. The summed E-state index contributed by atoms with van der Waals surface area (Å²) in [5, 5.41) is 0. The van der Waals surface area contributed by atoms with Gasteiger partial charge in [-0.1, -0.05) is 6.07 Å². The summed E-state index contributed by atoms with van der Waals surface area (Å²) in [4.78, 5) is 14.7. The van der Waals surface area contributed by atoms with Crippen LogP contribution >= 0.6 is 0 Å². The van der Waals surface area contributed by atoms with E-state index in [1.165, 1.54) is 0 Å². The van der Waals surface area contributed by atoms with Gasteiger partial charge in [0.2, 0.25) is 0 Å². The number of fused-ring (bicyclic) bond motifs is 1. The van der Waals surface area contributed by atoms with Crippen LogP contribution in [0.2, 0.25) is 0 Å². The number of aromatic amines is 1. The number of pyridine rings is 1. The van der Waals surface area contributed by atoms with Gasteiger partial charge in [-0.2, -0.15) is 0 Å². The standard InChI is InChI=1S/C10H13N3O/c1-7-8(5-6-11)12-9-3-2-4-10(14)13(7)9/h2-4,12H,5-6,11H2,1H3. The Morgan fingerprint density at radius 1 is 1.50 bits per heavy atom. The molecule has 0 aliphatic rings. The lowest BCUT2D eigenvalue weighted by Gasteiger charge is -1.95. The Kier molecular flexibility index (Phi) is 2.13. The molecule has 0 radical (unpaired) electrons. The molecule has 0 fully saturated rings. The molecule has 2 rings (SSSR count). The average Bonchev–Trinajstić information content (AvgIpc) is 2.46. The van der Waals surface area contributed by atoms with Gasteiger partial charge in [-0.15, -0.1) is 0 Å². The molecule has 0 saturated heterocycles. The zero-order chi connectivity index (χ0) is 10.1. The molecule has 0 aromatic carbocycles. The van der Waals surface area contributed by atoms with E-state index in [-0.39, 0.29) is 5.56 Å². The number of nitrogens with zero attached hydrogens (tertiary/aromatic N) is 1. The lowest BCUT2D eigenvalue weighted by atomic mass is 10.2. The number of rotatable bonds is 2. The topological polar surface area (TPSA) is 63.3 Å². The van der Waals surface area contributed by atoms with Crippen molar-refractivity contribution in [1.82, 2.24) is 9.38 Å². The van der Waals surface area contributed by atoms with E-state index in [1.807, 2.05) is 13.0 Å². The third-order valence-corrected chi connectivity index (χ3v) is 2.40. The molecule has 0 spiro atoms. The zero-order valence-corrected chi connectivity index (χ0v) is 8.08. The molecule has 0 atom stereocenters. The molecule has 0 amide bonds. The maximum absolute atomic E-state index is 11.5. The van der Waals surface area contributed by atoms with E-state index in [0.29, 0.717) is 6.54 Å². The summed E-state index contributed by atoms with van der Waals surface area (Å²) in [6, 6.07) is 5.19. The van der Waals surface area contributed by atoms with Gasteiger partial charge < -0.3 is 10.7 Å². The van der Waals surface area contributed by atoms with Crippen LogP contribution in [-0.4, -0.2) is 15.9 Å². The van der Waals surface area contributed by atoms with Gasteiger partial charge in [0.25, 0.3) is 5.56 Å². The first-order valence-electron chi connectivity index (χ1n) is 4.63. The molecule has 2 heterocycles. The Bertz CT molecular complexity index is 510. The molecule has 0 saturated carbocycles. The molecular weight excluding hydrogens is 178 g/mol. The Balaban J connectivity index is 2.74. The molecule has 2 aromatic heterocycles. The molecular formula is C10H13N3O. The Morgan fingerprint density at radius 2 is 2.29 bits per heavy atom. The van der Waals surface area contributed by atoms with Gasteiger partial charge in [0, 0.05) is 23.9 Å². The maximum Gasteiger partial charge on any atom is 0.256 e. The van der Waals surface area contributed by atoms with Gasteiger partial charge in [-0.25, -0.2) is 0 Å². The van der Waals surface area contributed by atoms with Crippen LogP contribution in [0.4, 0.5) is 0 Å². The van der Waals surface area contributed by atoms with Crippen LogP contribution in [0.5, 0.6) is 0 Å². The largest absolute Gasteiger partial charge is 0.343 e. The highest BCUT2D eigenvalue weighted by atomic mass is 16.1. The third kappa shape index (κ3) is 1.24. The van der Waals surface area contributed by atoms with Crippen molar-refractivity contribution in [3.63, 3.8) is 0 Å². The molecule has 0 aliphatic heterocycles. The quantitative estimate of drug-likeness (QED) is 0.723. The van der Waals surface area contributed by atoms with Crippen molar-refractivity contribution in [2.45, 2.75) is 13.3 Å². The predicted molar refractivity (Wildman–Crippen MR) is 55.5 cm³/mol. The first-order valence-corrected chi connectivity index (χ1v) is 4.63. The Morgan fingerprint density at radius 3 is 2.93 bits per heavy atom. The fourth-order valence-corrected chi connectivity index (χ4v) is 1.70.